The first-order valence-electron chi connectivity index (χ1n) is 10.0. The molecule has 3 aromatic rings. The molecule has 4 nitrogen and oxygen atoms in total. The maximum Gasteiger partial charge on any atom is 0.140 e. The highest BCUT2D eigenvalue weighted by Gasteiger charge is 2.18. The number of aromatic amines is 1. The summed E-state index contributed by atoms with van der Waals surface area (Å²) in [7, 11) is 0. The molecule has 1 aliphatic carbocycles. The van der Waals surface area contributed by atoms with Crippen molar-refractivity contribution in [3.8, 4) is 10.7 Å². The molecule has 2 aliphatic rings. The standard InChI is InChI=1S/C21H25ClN4S/c22-15-9-14-10-19(21-24-17(13-27-21)12-26-7-3-4-8-26)25-20(14)18(11-15)23-16-5-1-2-6-16/h9-11,13,16,23,25H,1-8,12H2. The van der Waals surface area contributed by atoms with Crippen molar-refractivity contribution in [1.29, 1.82) is 0 Å². The van der Waals surface area contributed by atoms with E-state index >= 15 is 0 Å². The highest BCUT2D eigenvalue weighted by Crippen LogP contribution is 2.34. The quantitative estimate of drug-likeness (QED) is 0.560. The Kier molecular flexibility index (Phi) is 4.84. The van der Waals surface area contributed by atoms with E-state index < -0.39 is 0 Å². The van der Waals surface area contributed by atoms with Crippen LogP contribution in [-0.2, 0) is 6.54 Å². The van der Waals surface area contributed by atoms with Crippen LogP contribution in [0.15, 0.2) is 23.6 Å². The first-order valence-corrected chi connectivity index (χ1v) is 11.3. The average Bonchev–Trinajstić information content (AvgIpc) is 3.42. The maximum atomic E-state index is 6.39. The lowest BCUT2D eigenvalue weighted by Gasteiger charge is -2.14. The van der Waals surface area contributed by atoms with Gasteiger partial charge >= 0.3 is 0 Å². The normalized spacial score (nSPS) is 18.7. The lowest BCUT2D eigenvalue weighted by Crippen LogP contribution is -2.18. The molecule has 1 saturated carbocycles. The van der Waals surface area contributed by atoms with Crippen molar-refractivity contribution >= 4 is 39.5 Å². The summed E-state index contributed by atoms with van der Waals surface area (Å²) in [6.45, 7) is 3.37. The van der Waals surface area contributed by atoms with Crippen LogP contribution in [0.3, 0.4) is 0 Å². The van der Waals surface area contributed by atoms with Crippen molar-refractivity contribution in [2.75, 3.05) is 18.4 Å². The highest BCUT2D eigenvalue weighted by atomic mass is 35.5. The molecule has 2 fully saturated rings. The van der Waals surface area contributed by atoms with Crippen molar-refractivity contribution in [2.24, 2.45) is 0 Å². The molecule has 0 spiro atoms. The second kappa shape index (κ2) is 7.46. The smallest absolute Gasteiger partial charge is 0.140 e. The summed E-state index contributed by atoms with van der Waals surface area (Å²) >= 11 is 8.11. The number of rotatable bonds is 5. The number of thiazole rings is 1. The number of fused-ring (bicyclic) bond motifs is 1. The summed E-state index contributed by atoms with van der Waals surface area (Å²) in [5, 5.41) is 8.89. The van der Waals surface area contributed by atoms with E-state index in [0.717, 1.165) is 38.9 Å². The number of halogens is 1. The van der Waals surface area contributed by atoms with Crippen LogP contribution in [-0.4, -0.2) is 34.0 Å². The Balaban J connectivity index is 1.42. The summed E-state index contributed by atoms with van der Waals surface area (Å²) in [6, 6.07) is 6.82. The van der Waals surface area contributed by atoms with Gasteiger partial charge in [0.25, 0.3) is 0 Å². The van der Waals surface area contributed by atoms with E-state index in [4.69, 9.17) is 16.6 Å². The number of nitrogens with zero attached hydrogens (tertiary/aromatic N) is 2. The minimum Gasteiger partial charge on any atom is -0.381 e. The monoisotopic (exact) mass is 400 g/mol. The zero-order chi connectivity index (χ0) is 18.2. The van der Waals surface area contributed by atoms with Crippen molar-refractivity contribution in [3.63, 3.8) is 0 Å². The molecule has 0 atom stereocenters. The van der Waals surface area contributed by atoms with Gasteiger partial charge in [0.05, 0.1) is 22.6 Å². The summed E-state index contributed by atoms with van der Waals surface area (Å²) in [6.07, 6.45) is 7.75. The Labute approximate surface area is 168 Å². The van der Waals surface area contributed by atoms with Crippen LogP contribution in [0.1, 0.15) is 44.2 Å². The van der Waals surface area contributed by atoms with Gasteiger partial charge in [0, 0.05) is 28.4 Å². The second-order valence-electron chi connectivity index (χ2n) is 7.85. The number of nitrogens with one attached hydrogen (secondary N) is 2. The molecule has 5 rings (SSSR count). The molecule has 1 aliphatic heterocycles. The van der Waals surface area contributed by atoms with Gasteiger partial charge in [0.15, 0.2) is 0 Å². The zero-order valence-electron chi connectivity index (χ0n) is 15.4. The van der Waals surface area contributed by atoms with Crippen molar-refractivity contribution in [3.05, 3.63) is 34.3 Å². The predicted molar refractivity (Wildman–Crippen MR) is 115 cm³/mol. The molecule has 3 heterocycles. The van der Waals surface area contributed by atoms with Gasteiger partial charge in [-0.3, -0.25) is 4.90 Å². The number of likely N-dealkylation sites (tertiary alicyclic amines) is 1. The minimum absolute atomic E-state index is 0.561. The van der Waals surface area contributed by atoms with E-state index in [9.17, 15) is 0 Å². The van der Waals surface area contributed by atoms with E-state index in [-0.39, 0.29) is 0 Å². The summed E-state index contributed by atoms with van der Waals surface area (Å²) < 4.78 is 0. The summed E-state index contributed by atoms with van der Waals surface area (Å²) in [5.41, 5.74) is 4.51. The first-order chi connectivity index (χ1) is 13.2. The van der Waals surface area contributed by atoms with Gasteiger partial charge in [-0.15, -0.1) is 11.3 Å². The van der Waals surface area contributed by atoms with Gasteiger partial charge in [-0.05, 0) is 57.0 Å². The topological polar surface area (TPSA) is 44.0 Å². The average molecular weight is 401 g/mol. The Bertz CT molecular complexity index is 935. The third kappa shape index (κ3) is 3.73. The molecule has 0 radical (unpaired) electrons. The third-order valence-electron chi connectivity index (χ3n) is 5.77. The number of aromatic nitrogens is 2. The Morgan fingerprint density at radius 3 is 2.78 bits per heavy atom. The van der Waals surface area contributed by atoms with E-state index in [1.54, 1.807) is 11.3 Å². The molecule has 2 aromatic heterocycles. The maximum absolute atomic E-state index is 6.39. The Morgan fingerprint density at radius 1 is 1.15 bits per heavy atom. The van der Waals surface area contributed by atoms with Gasteiger partial charge in [-0.1, -0.05) is 24.4 Å². The summed E-state index contributed by atoms with van der Waals surface area (Å²) in [5.74, 6) is 0. The zero-order valence-corrected chi connectivity index (χ0v) is 17.0. The van der Waals surface area contributed by atoms with Crippen LogP contribution in [0.2, 0.25) is 5.02 Å². The van der Waals surface area contributed by atoms with Crippen LogP contribution in [0.5, 0.6) is 0 Å². The number of benzene rings is 1. The second-order valence-corrected chi connectivity index (χ2v) is 9.15. The van der Waals surface area contributed by atoms with Crippen LogP contribution >= 0.6 is 22.9 Å². The van der Waals surface area contributed by atoms with E-state index in [0.29, 0.717) is 6.04 Å². The highest BCUT2D eigenvalue weighted by molar-refractivity contribution is 7.13. The van der Waals surface area contributed by atoms with Crippen LogP contribution in [0, 0.1) is 0 Å². The van der Waals surface area contributed by atoms with Crippen molar-refractivity contribution < 1.29 is 0 Å². The van der Waals surface area contributed by atoms with E-state index in [1.165, 1.54) is 57.3 Å². The third-order valence-corrected chi connectivity index (χ3v) is 6.92. The molecule has 27 heavy (non-hydrogen) atoms. The van der Waals surface area contributed by atoms with Crippen LogP contribution in [0.25, 0.3) is 21.6 Å². The molecule has 142 valence electrons. The molecule has 1 saturated heterocycles. The number of anilines is 1. The minimum atomic E-state index is 0.561. The molecule has 0 amide bonds. The van der Waals surface area contributed by atoms with Gasteiger partial charge in [0.2, 0.25) is 0 Å². The lowest BCUT2D eigenvalue weighted by molar-refractivity contribution is 0.328. The van der Waals surface area contributed by atoms with E-state index in [2.05, 4.69) is 26.6 Å². The van der Waals surface area contributed by atoms with Gasteiger partial charge in [-0.25, -0.2) is 4.98 Å². The fourth-order valence-electron chi connectivity index (χ4n) is 4.40. The Morgan fingerprint density at radius 2 is 1.96 bits per heavy atom. The van der Waals surface area contributed by atoms with Gasteiger partial charge in [-0.2, -0.15) is 0 Å². The molecule has 0 bridgehead atoms. The lowest BCUT2D eigenvalue weighted by atomic mass is 10.2. The number of hydrogen-bond acceptors (Lipinski definition) is 4. The molecular formula is C21H25ClN4S. The molecule has 6 heteroatoms. The first kappa shape index (κ1) is 17.5. The van der Waals surface area contributed by atoms with Crippen molar-refractivity contribution in [1.82, 2.24) is 14.9 Å². The summed E-state index contributed by atoms with van der Waals surface area (Å²) in [4.78, 5) is 11.0. The number of hydrogen-bond donors (Lipinski definition) is 2. The van der Waals surface area contributed by atoms with Crippen molar-refractivity contribution in [2.45, 2.75) is 51.1 Å². The fourth-order valence-corrected chi connectivity index (χ4v) is 5.41. The number of H-pyrrole nitrogens is 1. The van der Waals surface area contributed by atoms with Crippen LogP contribution < -0.4 is 5.32 Å². The van der Waals surface area contributed by atoms with Gasteiger partial charge in [0.1, 0.15) is 5.01 Å². The predicted octanol–water partition coefficient (Wildman–Crippen LogP) is 5.90. The molecular weight excluding hydrogens is 376 g/mol. The molecule has 1 aromatic carbocycles. The molecule has 2 N–H and O–H groups in total. The van der Waals surface area contributed by atoms with E-state index in [1.807, 2.05) is 12.1 Å². The fraction of sp³-hybridized carbons (Fsp3) is 0.476. The van der Waals surface area contributed by atoms with Crippen LogP contribution in [0.4, 0.5) is 5.69 Å². The SMILES string of the molecule is Clc1cc(NC2CCCC2)c2[nH]c(-c3nc(CN4CCCC4)cs3)cc2c1. The molecule has 0 unspecified atom stereocenters. The van der Waals surface area contributed by atoms with Gasteiger partial charge < -0.3 is 10.3 Å². The largest absolute Gasteiger partial charge is 0.381 e. The Hall–Kier alpha value is -1.56.